The van der Waals surface area contributed by atoms with E-state index in [1.807, 2.05) is 43.3 Å². The fourth-order valence-corrected chi connectivity index (χ4v) is 4.87. The third kappa shape index (κ3) is 4.85. The summed E-state index contributed by atoms with van der Waals surface area (Å²) < 4.78 is 51.7. The van der Waals surface area contributed by atoms with Crippen molar-refractivity contribution in [3.63, 3.8) is 0 Å². The number of hydrogen-bond donors (Lipinski definition) is 0. The number of hydrogen-bond acceptors (Lipinski definition) is 3. The van der Waals surface area contributed by atoms with Gasteiger partial charge < -0.3 is 14.4 Å². The molecular formula is C28H28F3NO3. The Morgan fingerprint density at radius 1 is 1.00 bits per heavy atom. The van der Waals surface area contributed by atoms with Crippen LogP contribution in [0.1, 0.15) is 53.1 Å². The van der Waals surface area contributed by atoms with Crippen LogP contribution in [-0.4, -0.2) is 31.6 Å². The first-order chi connectivity index (χ1) is 16.8. The van der Waals surface area contributed by atoms with E-state index >= 15 is 0 Å². The molecule has 184 valence electrons. The number of methoxy groups -OCH3 is 2. The van der Waals surface area contributed by atoms with Gasteiger partial charge in [0.25, 0.3) is 0 Å². The first kappa shape index (κ1) is 24.6. The van der Waals surface area contributed by atoms with E-state index in [0.717, 1.165) is 28.8 Å². The Labute approximate surface area is 203 Å². The monoisotopic (exact) mass is 483 g/mol. The van der Waals surface area contributed by atoms with Crippen molar-refractivity contribution >= 4 is 5.91 Å². The minimum atomic E-state index is -4.49. The molecule has 35 heavy (non-hydrogen) atoms. The van der Waals surface area contributed by atoms with Crippen LogP contribution in [0.5, 0.6) is 11.5 Å². The SMILES string of the molecule is CC[C@@H](C(=O)N1CCc2cc(OC)c(OC)cc2[C@H]1c1cccc(C(F)(F)F)c1)c1ccccc1. The fraction of sp³-hybridized carbons (Fsp3) is 0.321. The second kappa shape index (κ2) is 10.0. The summed E-state index contributed by atoms with van der Waals surface area (Å²) in [6.45, 7) is 2.33. The van der Waals surface area contributed by atoms with E-state index in [4.69, 9.17) is 9.47 Å². The lowest BCUT2D eigenvalue weighted by Crippen LogP contribution is -2.43. The average Bonchev–Trinajstić information content (AvgIpc) is 2.87. The van der Waals surface area contributed by atoms with E-state index in [0.29, 0.717) is 36.4 Å². The number of halogens is 3. The number of nitrogens with zero attached hydrogens (tertiary/aromatic N) is 1. The van der Waals surface area contributed by atoms with E-state index in [-0.39, 0.29) is 5.91 Å². The number of amides is 1. The van der Waals surface area contributed by atoms with Gasteiger partial charge in [-0.2, -0.15) is 13.2 Å². The molecule has 2 atom stereocenters. The fourth-order valence-electron chi connectivity index (χ4n) is 4.87. The third-order valence-electron chi connectivity index (χ3n) is 6.59. The first-order valence-electron chi connectivity index (χ1n) is 11.6. The average molecular weight is 484 g/mol. The van der Waals surface area contributed by atoms with Crippen LogP contribution in [0, 0.1) is 0 Å². The highest BCUT2D eigenvalue weighted by molar-refractivity contribution is 5.85. The Morgan fingerprint density at radius 3 is 2.31 bits per heavy atom. The van der Waals surface area contributed by atoms with Crippen LogP contribution in [0.15, 0.2) is 66.7 Å². The number of alkyl halides is 3. The van der Waals surface area contributed by atoms with Crippen LogP contribution in [0.25, 0.3) is 0 Å². The number of fused-ring (bicyclic) bond motifs is 1. The Bertz CT molecular complexity index is 1190. The van der Waals surface area contributed by atoms with Gasteiger partial charge in [-0.25, -0.2) is 0 Å². The van der Waals surface area contributed by atoms with Crippen molar-refractivity contribution in [3.8, 4) is 11.5 Å². The molecule has 1 heterocycles. The number of carbonyl (C=O) groups excluding carboxylic acids is 1. The molecule has 0 unspecified atom stereocenters. The molecule has 0 bridgehead atoms. The van der Waals surface area contributed by atoms with Crippen molar-refractivity contribution in [2.75, 3.05) is 20.8 Å². The van der Waals surface area contributed by atoms with Crippen molar-refractivity contribution in [1.82, 2.24) is 4.90 Å². The predicted molar refractivity (Wildman–Crippen MR) is 128 cm³/mol. The maximum atomic E-state index is 13.9. The van der Waals surface area contributed by atoms with Gasteiger partial charge in [-0.15, -0.1) is 0 Å². The zero-order valence-electron chi connectivity index (χ0n) is 19.9. The summed E-state index contributed by atoms with van der Waals surface area (Å²) in [4.78, 5) is 15.6. The summed E-state index contributed by atoms with van der Waals surface area (Å²) in [5, 5.41) is 0. The molecule has 1 aliphatic heterocycles. The summed E-state index contributed by atoms with van der Waals surface area (Å²) in [6, 6.07) is 17.7. The minimum Gasteiger partial charge on any atom is -0.493 e. The van der Waals surface area contributed by atoms with Gasteiger partial charge in [0.15, 0.2) is 11.5 Å². The highest BCUT2D eigenvalue weighted by Gasteiger charge is 2.38. The van der Waals surface area contributed by atoms with E-state index in [2.05, 4.69) is 0 Å². The second-order valence-corrected chi connectivity index (χ2v) is 8.58. The van der Waals surface area contributed by atoms with E-state index in [9.17, 15) is 18.0 Å². The highest BCUT2D eigenvalue weighted by atomic mass is 19.4. The topological polar surface area (TPSA) is 38.8 Å². The molecule has 1 aliphatic rings. The molecule has 4 nitrogen and oxygen atoms in total. The smallest absolute Gasteiger partial charge is 0.416 e. The molecule has 0 fully saturated rings. The van der Waals surface area contributed by atoms with Crippen LogP contribution in [0.2, 0.25) is 0 Å². The van der Waals surface area contributed by atoms with Gasteiger partial charge in [-0.1, -0.05) is 49.4 Å². The Balaban J connectivity index is 1.86. The molecule has 0 saturated carbocycles. The van der Waals surface area contributed by atoms with Gasteiger partial charge in [0.05, 0.1) is 31.7 Å². The third-order valence-corrected chi connectivity index (χ3v) is 6.59. The van der Waals surface area contributed by atoms with E-state index in [1.54, 1.807) is 24.1 Å². The lowest BCUT2D eigenvalue weighted by molar-refractivity contribution is -0.137. The van der Waals surface area contributed by atoms with Gasteiger partial charge >= 0.3 is 6.18 Å². The van der Waals surface area contributed by atoms with Crippen molar-refractivity contribution in [2.24, 2.45) is 0 Å². The first-order valence-corrected chi connectivity index (χ1v) is 11.6. The molecule has 0 aliphatic carbocycles. The maximum Gasteiger partial charge on any atom is 0.416 e. The van der Waals surface area contributed by atoms with Crippen LogP contribution in [0.4, 0.5) is 13.2 Å². The highest BCUT2D eigenvalue weighted by Crippen LogP contribution is 2.43. The Hall–Kier alpha value is -3.48. The standard InChI is InChI=1S/C28H28F3NO3/c1-4-22(18-9-6-5-7-10-18)27(33)32-14-13-19-16-24(34-2)25(35-3)17-23(19)26(32)20-11-8-12-21(15-20)28(29,30)31/h5-12,15-17,22,26H,4,13-14H2,1-3H3/t22-,26-/m1/s1. The molecule has 1 amide bonds. The van der Waals surface area contributed by atoms with Crippen molar-refractivity contribution < 1.29 is 27.4 Å². The van der Waals surface area contributed by atoms with Crippen LogP contribution >= 0.6 is 0 Å². The molecule has 0 saturated heterocycles. The van der Waals surface area contributed by atoms with Crippen molar-refractivity contribution in [1.29, 1.82) is 0 Å². The van der Waals surface area contributed by atoms with Crippen LogP contribution in [-0.2, 0) is 17.4 Å². The summed E-state index contributed by atoms with van der Waals surface area (Å²) in [6.07, 6.45) is -3.36. The van der Waals surface area contributed by atoms with Crippen molar-refractivity contribution in [3.05, 3.63) is 94.5 Å². The Morgan fingerprint density at radius 2 is 1.69 bits per heavy atom. The van der Waals surface area contributed by atoms with E-state index in [1.165, 1.54) is 13.2 Å². The van der Waals surface area contributed by atoms with Gasteiger partial charge in [-0.05, 0) is 59.4 Å². The normalized spacial score (nSPS) is 16.4. The summed E-state index contributed by atoms with van der Waals surface area (Å²) in [7, 11) is 3.05. The molecule has 3 aromatic carbocycles. The zero-order valence-corrected chi connectivity index (χ0v) is 19.9. The molecule has 4 rings (SSSR count). The van der Waals surface area contributed by atoms with Gasteiger partial charge in [0.1, 0.15) is 0 Å². The largest absolute Gasteiger partial charge is 0.493 e. The molecule has 7 heteroatoms. The summed E-state index contributed by atoms with van der Waals surface area (Å²) in [5.74, 6) is 0.505. The van der Waals surface area contributed by atoms with Gasteiger partial charge in [0.2, 0.25) is 5.91 Å². The van der Waals surface area contributed by atoms with E-state index < -0.39 is 23.7 Å². The lowest BCUT2D eigenvalue weighted by atomic mass is 9.85. The van der Waals surface area contributed by atoms with Crippen LogP contribution < -0.4 is 9.47 Å². The maximum absolute atomic E-state index is 13.9. The molecule has 0 aromatic heterocycles. The number of ether oxygens (including phenoxy) is 2. The molecular weight excluding hydrogens is 455 g/mol. The lowest BCUT2D eigenvalue weighted by Gasteiger charge is -2.40. The number of benzene rings is 3. The van der Waals surface area contributed by atoms with Gasteiger partial charge in [0, 0.05) is 6.54 Å². The zero-order chi connectivity index (χ0) is 25.2. The van der Waals surface area contributed by atoms with Gasteiger partial charge in [-0.3, -0.25) is 4.79 Å². The molecule has 0 spiro atoms. The molecule has 0 N–H and O–H groups in total. The van der Waals surface area contributed by atoms with Crippen molar-refractivity contribution in [2.45, 2.75) is 37.9 Å². The molecule has 0 radical (unpaired) electrons. The predicted octanol–water partition coefficient (Wildman–Crippen LogP) is 6.39. The quantitative estimate of drug-likeness (QED) is 0.408. The summed E-state index contributed by atoms with van der Waals surface area (Å²) >= 11 is 0. The summed E-state index contributed by atoms with van der Waals surface area (Å²) in [5.41, 5.74) is 2.21. The molecule has 3 aromatic rings. The minimum absolute atomic E-state index is 0.110. The number of carbonyl (C=O) groups is 1. The van der Waals surface area contributed by atoms with Crippen LogP contribution in [0.3, 0.4) is 0 Å². The second-order valence-electron chi connectivity index (χ2n) is 8.58. The Kier molecular flexibility index (Phi) is 7.05. The number of rotatable bonds is 6.